The predicted molar refractivity (Wildman–Crippen MR) is 196 cm³/mol. The van der Waals surface area contributed by atoms with Gasteiger partial charge in [0.05, 0.1) is 61.6 Å². The molecule has 6 heterocycles. The molecule has 0 aliphatic carbocycles. The van der Waals surface area contributed by atoms with Gasteiger partial charge in [0.25, 0.3) is 0 Å². The number of carbonyl (C=O) groups is 3. The van der Waals surface area contributed by atoms with Crippen molar-refractivity contribution in [3.63, 3.8) is 0 Å². The molecule has 4 atom stereocenters. The van der Waals surface area contributed by atoms with Gasteiger partial charge in [0, 0.05) is 31.9 Å². The number of carbonyl (C=O) groups excluding carboxylic acids is 3. The van der Waals surface area contributed by atoms with Crippen molar-refractivity contribution in [2.24, 2.45) is 5.92 Å². The summed E-state index contributed by atoms with van der Waals surface area (Å²) in [6.45, 7) is 3.46. The van der Waals surface area contributed by atoms with Crippen LogP contribution in [0.15, 0.2) is 54.7 Å². The van der Waals surface area contributed by atoms with Gasteiger partial charge < -0.3 is 39.3 Å². The fourth-order valence-corrected chi connectivity index (χ4v) is 8.23. The van der Waals surface area contributed by atoms with Crippen molar-refractivity contribution in [2.45, 2.75) is 76.1 Å². The van der Waals surface area contributed by atoms with Crippen molar-refractivity contribution in [2.75, 3.05) is 40.0 Å². The first-order chi connectivity index (χ1) is 26.0. The molecule has 2 bridgehead atoms. The molecule has 2 aromatic heterocycles. The molecule has 0 spiro atoms. The largest absolute Gasteiger partial charge is 0.453 e. The predicted octanol–water partition coefficient (Wildman–Crippen LogP) is 5.92. The van der Waals surface area contributed by atoms with Crippen molar-refractivity contribution in [1.29, 1.82) is 0 Å². The Labute approximate surface area is 308 Å². The molecule has 0 unspecified atom stereocenters. The highest BCUT2D eigenvalue weighted by molar-refractivity contribution is 5.86. The van der Waals surface area contributed by atoms with E-state index in [2.05, 4.69) is 63.8 Å². The summed E-state index contributed by atoms with van der Waals surface area (Å²) < 4.78 is 16.4. The summed E-state index contributed by atoms with van der Waals surface area (Å²) in [7, 11) is 1.31. The van der Waals surface area contributed by atoms with Crippen LogP contribution < -0.4 is 5.32 Å². The Hall–Kier alpha value is -5.01. The standard InChI is InChI=1S/C40H47N7O6/c1-51-40(50)44-30-6-2-3-20-52-24-32-35(45-37(43-32)34-8-5-19-47(34)39(30)49)28-15-11-26(12-16-28)25-9-13-27(14-10-25)31-22-41-36(42-31)33-7-4-18-46(33)38(48)29-17-21-53-23-29/h9-16,22,29-30,33-34H,2-8,17-21,23-24H2,1H3,(H,41,42)(H,43,45)(H,44,50)/t29-,30+,33+,34+/m1/s1. The van der Waals surface area contributed by atoms with Gasteiger partial charge in [-0.1, -0.05) is 48.5 Å². The van der Waals surface area contributed by atoms with Crippen LogP contribution in [0.2, 0.25) is 0 Å². The quantitative estimate of drug-likeness (QED) is 0.222. The van der Waals surface area contributed by atoms with Gasteiger partial charge in [-0.15, -0.1) is 0 Å². The van der Waals surface area contributed by atoms with Crippen molar-refractivity contribution < 1.29 is 28.6 Å². The number of benzene rings is 2. The smallest absolute Gasteiger partial charge is 0.407 e. The van der Waals surface area contributed by atoms with Gasteiger partial charge in [-0.05, 0) is 68.1 Å². The lowest BCUT2D eigenvalue weighted by molar-refractivity contribution is -0.136. The number of H-pyrrole nitrogens is 2. The SMILES string of the molecule is COC(=O)N[C@H]1CCCCOCc2[nH]c(nc2-c2ccc(-c3ccc(-c4cnc([C@@H]5CCCN5C(=O)[C@@H]5CCOC5)[nH]4)cc3)cc2)[C@@H]2CCCN2C1=O. The number of hydrogen-bond donors (Lipinski definition) is 3. The molecule has 278 valence electrons. The zero-order valence-corrected chi connectivity index (χ0v) is 30.1. The molecular formula is C40H47N7O6. The minimum atomic E-state index is -0.659. The number of likely N-dealkylation sites (tertiary alicyclic amines) is 1. The van der Waals surface area contributed by atoms with Crippen molar-refractivity contribution in [3.05, 3.63) is 72.1 Å². The van der Waals surface area contributed by atoms with Crippen LogP contribution in [0.4, 0.5) is 4.79 Å². The lowest BCUT2D eigenvalue weighted by atomic mass is 10.0. The van der Waals surface area contributed by atoms with Gasteiger partial charge in [0.1, 0.15) is 17.7 Å². The van der Waals surface area contributed by atoms with E-state index in [9.17, 15) is 14.4 Å². The number of rotatable bonds is 6. The molecule has 13 heteroatoms. The molecule has 3 N–H and O–H groups in total. The lowest BCUT2D eigenvalue weighted by Crippen LogP contribution is -2.48. The third-order valence-corrected chi connectivity index (χ3v) is 11.1. The Morgan fingerprint density at radius 3 is 2.30 bits per heavy atom. The normalized spacial score (nSPS) is 23.6. The molecule has 13 nitrogen and oxygen atoms in total. The summed E-state index contributed by atoms with van der Waals surface area (Å²) in [6, 6.07) is 15.9. The lowest BCUT2D eigenvalue weighted by Gasteiger charge is -2.28. The fraction of sp³-hybridized carbons (Fsp3) is 0.475. The molecule has 4 aromatic rings. The van der Waals surface area contributed by atoms with Gasteiger partial charge in [-0.3, -0.25) is 9.59 Å². The number of amides is 3. The van der Waals surface area contributed by atoms with Crippen molar-refractivity contribution in [3.8, 4) is 33.6 Å². The van der Waals surface area contributed by atoms with Gasteiger partial charge in [0.2, 0.25) is 11.8 Å². The van der Waals surface area contributed by atoms with Crippen LogP contribution in [0.3, 0.4) is 0 Å². The van der Waals surface area contributed by atoms with Gasteiger partial charge in [-0.25, -0.2) is 14.8 Å². The Morgan fingerprint density at radius 1 is 0.811 bits per heavy atom. The van der Waals surface area contributed by atoms with E-state index in [0.29, 0.717) is 39.4 Å². The monoisotopic (exact) mass is 721 g/mol. The molecule has 3 amide bonds. The van der Waals surface area contributed by atoms with Crippen LogP contribution in [-0.4, -0.2) is 93.7 Å². The number of imidazole rings is 2. The molecule has 4 aliphatic heterocycles. The molecular weight excluding hydrogens is 674 g/mol. The Morgan fingerprint density at radius 2 is 1.55 bits per heavy atom. The van der Waals surface area contributed by atoms with Gasteiger partial charge >= 0.3 is 6.09 Å². The molecule has 0 saturated carbocycles. The second kappa shape index (κ2) is 15.5. The number of nitrogens with zero attached hydrogens (tertiary/aromatic N) is 4. The van der Waals surface area contributed by atoms with Crippen LogP contribution >= 0.6 is 0 Å². The number of aromatic nitrogens is 4. The minimum Gasteiger partial charge on any atom is -0.453 e. The number of methoxy groups -OCH3 is 1. The zero-order chi connectivity index (χ0) is 36.3. The second-order valence-corrected chi connectivity index (χ2v) is 14.5. The number of nitrogens with one attached hydrogen (secondary N) is 3. The van der Waals surface area contributed by atoms with Gasteiger partial charge in [-0.2, -0.15) is 0 Å². The van der Waals surface area contributed by atoms with E-state index < -0.39 is 12.1 Å². The first-order valence-corrected chi connectivity index (χ1v) is 18.9. The molecule has 4 aliphatic rings. The maximum atomic E-state index is 13.7. The first-order valence-electron chi connectivity index (χ1n) is 18.9. The topological polar surface area (TPSA) is 155 Å². The van der Waals surface area contributed by atoms with Crippen LogP contribution in [0.5, 0.6) is 0 Å². The van der Waals surface area contributed by atoms with Crippen molar-refractivity contribution >= 4 is 17.9 Å². The highest BCUT2D eigenvalue weighted by atomic mass is 16.5. The van der Waals surface area contributed by atoms with E-state index in [4.69, 9.17) is 24.2 Å². The maximum absolute atomic E-state index is 13.7. The Kier molecular flexibility index (Phi) is 10.3. The summed E-state index contributed by atoms with van der Waals surface area (Å²) in [5.41, 5.74) is 6.79. The first kappa shape index (κ1) is 35.0. The Balaban J connectivity index is 0.977. The van der Waals surface area contributed by atoms with Crippen LogP contribution in [0.1, 0.15) is 80.8 Å². The second-order valence-electron chi connectivity index (χ2n) is 14.5. The van der Waals surface area contributed by atoms with Crippen LogP contribution in [0, 0.1) is 5.92 Å². The number of alkyl carbamates (subject to hydrolysis) is 1. The van der Waals surface area contributed by atoms with E-state index in [1.165, 1.54) is 7.11 Å². The molecule has 3 fully saturated rings. The molecule has 0 radical (unpaired) electrons. The molecule has 3 saturated heterocycles. The van der Waals surface area contributed by atoms with Crippen LogP contribution in [-0.2, 0) is 30.4 Å². The van der Waals surface area contributed by atoms with Crippen LogP contribution in [0.25, 0.3) is 33.6 Å². The van der Waals surface area contributed by atoms with E-state index >= 15 is 0 Å². The summed E-state index contributed by atoms with van der Waals surface area (Å²) in [4.78, 5) is 59.6. The number of hydrogen-bond acceptors (Lipinski definition) is 8. The number of fused-ring (bicyclic) bond motifs is 4. The van der Waals surface area contributed by atoms with E-state index in [1.807, 2.05) is 16.0 Å². The van der Waals surface area contributed by atoms with E-state index in [1.54, 1.807) is 0 Å². The average Bonchev–Trinajstić information content (AvgIpc) is 4.04. The molecule has 8 rings (SSSR count). The fourth-order valence-electron chi connectivity index (χ4n) is 8.23. The number of ether oxygens (including phenoxy) is 3. The zero-order valence-electron chi connectivity index (χ0n) is 30.1. The third-order valence-electron chi connectivity index (χ3n) is 11.1. The summed E-state index contributed by atoms with van der Waals surface area (Å²) in [6.07, 6.45) is 7.60. The van der Waals surface area contributed by atoms with E-state index in [-0.39, 0.29) is 29.8 Å². The molecule has 53 heavy (non-hydrogen) atoms. The average molecular weight is 722 g/mol. The van der Waals surface area contributed by atoms with Gasteiger partial charge in [0.15, 0.2) is 0 Å². The molecule has 2 aromatic carbocycles. The highest BCUT2D eigenvalue weighted by Crippen LogP contribution is 2.36. The van der Waals surface area contributed by atoms with E-state index in [0.717, 1.165) is 102 Å². The summed E-state index contributed by atoms with van der Waals surface area (Å²) >= 11 is 0. The maximum Gasteiger partial charge on any atom is 0.407 e. The summed E-state index contributed by atoms with van der Waals surface area (Å²) in [5, 5.41) is 2.75. The third kappa shape index (κ3) is 7.32. The highest BCUT2D eigenvalue weighted by Gasteiger charge is 2.38. The Bertz CT molecular complexity index is 1920. The minimum absolute atomic E-state index is 0.0274. The summed E-state index contributed by atoms with van der Waals surface area (Å²) in [5.74, 6) is 1.61. The van der Waals surface area contributed by atoms with Crippen molar-refractivity contribution in [1.82, 2.24) is 35.1 Å². The number of aromatic amines is 2.